The molecule has 0 saturated carbocycles. The van der Waals surface area contributed by atoms with Crippen LogP contribution in [0.2, 0.25) is 0 Å². The molecule has 0 aromatic heterocycles. The second-order valence-electron chi connectivity index (χ2n) is 6.98. The molecule has 1 aromatic carbocycles. The molecule has 0 aliphatic carbocycles. The molecule has 2 heterocycles. The highest BCUT2D eigenvalue weighted by Crippen LogP contribution is 2.34. The first-order chi connectivity index (χ1) is 12.3. The summed E-state index contributed by atoms with van der Waals surface area (Å²) >= 11 is 0. The Kier molecular flexibility index (Phi) is 5.60. The van der Waals surface area contributed by atoms with E-state index < -0.39 is 10.0 Å². The number of piperidine rings is 1. The molecule has 1 aromatic rings. The number of fused-ring (bicyclic) bond motifs is 1. The number of ether oxygens (including phenoxy) is 2. The monoisotopic (exact) mass is 382 g/mol. The van der Waals surface area contributed by atoms with Gasteiger partial charge in [-0.05, 0) is 30.9 Å². The van der Waals surface area contributed by atoms with Gasteiger partial charge in [0.15, 0.2) is 11.5 Å². The molecule has 0 N–H and O–H groups in total. The predicted octanol–water partition coefficient (Wildman–Crippen LogP) is 1.87. The molecule has 0 spiro atoms. The van der Waals surface area contributed by atoms with Crippen LogP contribution in [0, 0.1) is 5.92 Å². The van der Waals surface area contributed by atoms with Gasteiger partial charge < -0.3 is 14.4 Å². The van der Waals surface area contributed by atoms with Crippen molar-refractivity contribution in [3.05, 3.63) is 18.2 Å². The highest BCUT2D eigenvalue weighted by atomic mass is 32.2. The van der Waals surface area contributed by atoms with Crippen LogP contribution in [0.4, 0.5) is 5.69 Å². The number of sulfonamides is 1. The molecule has 2 aliphatic heterocycles. The van der Waals surface area contributed by atoms with Gasteiger partial charge in [-0.1, -0.05) is 6.92 Å². The number of nitrogens with zero attached hydrogens (tertiary/aromatic N) is 2. The Labute approximate surface area is 154 Å². The number of hydrogen-bond donors (Lipinski definition) is 0. The summed E-state index contributed by atoms with van der Waals surface area (Å²) in [4.78, 5) is 14.3. The maximum atomic E-state index is 12.5. The number of benzene rings is 1. The first kappa shape index (κ1) is 18.8. The molecule has 2 aliphatic rings. The van der Waals surface area contributed by atoms with E-state index in [9.17, 15) is 13.2 Å². The van der Waals surface area contributed by atoms with Crippen LogP contribution in [0.15, 0.2) is 18.2 Å². The van der Waals surface area contributed by atoms with E-state index in [4.69, 9.17) is 9.47 Å². The van der Waals surface area contributed by atoms with Crippen molar-refractivity contribution in [2.75, 3.05) is 43.4 Å². The molecule has 144 valence electrons. The lowest BCUT2D eigenvalue weighted by molar-refractivity contribution is -0.132. The zero-order chi connectivity index (χ0) is 18.7. The first-order valence-corrected chi connectivity index (χ1v) is 10.8. The van der Waals surface area contributed by atoms with Gasteiger partial charge in [-0.3, -0.25) is 9.10 Å². The summed E-state index contributed by atoms with van der Waals surface area (Å²) in [5.41, 5.74) is 0.483. The number of amides is 1. The lowest BCUT2D eigenvalue weighted by atomic mass is 9.99. The van der Waals surface area contributed by atoms with E-state index >= 15 is 0 Å². The number of likely N-dealkylation sites (tertiary alicyclic amines) is 1. The van der Waals surface area contributed by atoms with Gasteiger partial charge in [0.05, 0.1) is 11.9 Å². The van der Waals surface area contributed by atoms with Crippen molar-refractivity contribution in [2.24, 2.45) is 5.92 Å². The quantitative estimate of drug-likeness (QED) is 0.777. The fraction of sp³-hybridized carbons (Fsp3) is 0.611. The predicted molar refractivity (Wildman–Crippen MR) is 99.2 cm³/mol. The van der Waals surface area contributed by atoms with Crippen molar-refractivity contribution >= 4 is 21.6 Å². The molecule has 8 heteroatoms. The normalized spacial score (nSPS) is 17.8. The molecular formula is C18H26N2O5S. The smallest absolute Gasteiger partial charge is 0.232 e. The number of carbonyl (C=O) groups is 1. The van der Waals surface area contributed by atoms with Gasteiger partial charge in [-0.15, -0.1) is 0 Å². The van der Waals surface area contributed by atoms with Crippen molar-refractivity contribution in [1.82, 2.24) is 4.90 Å². The third kappa shape index (κ3) is 4.41. The minimum Gasteiger partial charge on any atom is -0.486 e. The fourth-order valence-corrected chi connectivity index (χ4v) is 4.21. The molecule has 0 unspecified atom stereocenters. The molecule has 0 atom stereocenters. The van der Waals surface area contributed by atoms with E-state index in [-0.39, 0.29) is 18.9 Å². The van der Waals surface area contributed by atoms with Crippen LogP contribution in [0.3, 0.4) is 0 Å². The Morgan fingerprint density at radius 2 is 1.85 bits per heavy atom. The van der Waals surface area contributed by atoms with Crippen molar-refractivity contribution < 1.29 is 22.7 Å². The Bertz CT molecular complexity index is 757. The van der Waals surface area contributed by atoms with Gasteiger partial charge in [0.1, 0.15) is 13.2 Å². The van der Waals surface area contributed by atoms with Crippen molar-refractivity contribution in [3.63, 3.8) is 0 Å². The maximum Gasteiger partial charge on any atom is 0.232 e. The van der Waals surface area contributed by atoms with E-state index in [1.54, 1.807) is 18.2 Å². The standard InChI is InChI=1S/C18H26N2O5S/c1-14-5-8-19(9-6-14)18(21)7-10-20(26(2,22)23)15-3-4-16-17(13-15)25-12-11-24-16/h3-4,13-14H,5-12H2,1-2H3. The zero-order valence-corrected chi connectivity index (χ0v) is 16.1. The summed E-state index contributed by atoms with van der Waals surface area (Å²) in [6, 6.07) is 5.04. The Hall–Kier alpha value is -1.96. The largest absolute Gasteiger partial charge is 0.486 e. The average Bonchev–Trinajstić information content (AvgIpc) is 2.61. The van der Waals surface area contributed by atoms with E-state index in [2.05, 4.69) is 6.92 Å². The first-order valence-electron chi connectivity index (χ1n) is 9.00. The van der Waals surface area contributed by atoms with E-state index in [0.717, 1.165) is 32.2 Å². The molecule has 1 amide bonds. The van der Waals surface area contributed by atoms with Crippen LogP contribution in [0.5, 0.6) is 11.5 Å². The lowest BCUT2D eigenvalue weighted by Gasteiger charge is -2.31. The Morgan fingerprint density at radius 3 is 2.50 bits per heavy atom. The fourth-order valence-electron chi connectivity index (χ4n) is 3.29. The second-order valence-corrected chi connectivity index (χ2v) is 8.88. The summed E-state index contributed by atoms with van der Waals surface area (Å²) in [5.74, 6) is 1.78. The summed E-state index contributed by atoms with van der Waals surface area (Å²) in [6.07, 6.45) is 3.32. The summed E-state index contributed by atoms with van der Waals surface area (Å²) in [6.45, 7) is 4.72. The van der Waals surface area contributed by atoms with Gasteiger partial charge >= 0.3 is 0 Å². The third-order valence-corrected chi connectivity index (χ3v) is 6.07. The van der Waals surface area contributed by atoms with Crippen LogP contribution in [0.25, 0.3) is 0 Å². The molecule has 26 heavy (non-hydrogen) atoms. The minimum absolute atomic E-state index is 0.00286. The topological polar surface area (TPSA) is 76.2 Å². The highest BCUT2D eigenvalue weighted by Gasteiger charge is 2.24. The van der Waals surface area contributed by atoms with Crippen LogP contribution < -0.4 is 13.8 Å². The molecule has 1 fully saturated rings. The molecular weight excluding hydrogens is 356 g/mol. The van der Waals surface area contributed by atoms with Gasteiger partial charge in [0.2, 0.25) is 15.9 Å². The lowest BCUT2D eigenvalue weighted by Crippen LogP contribution is -2.40. The second kappa shape index (κ2) is 7.73. The van der Waals surface area contributed by atoms with Crippen LogP contribution >= 0.6 is 0 Å². The molecule has 1 saturated heterocycles. The van der Waals surface area contributed by atoms with Gasteiger partial charge in [0, 0.05) is 32.1 Å². The van der Waals surface area contributed by atoms with Gasteiger partial charge in [-0.2, -0.15) is 0 Å². The SMILES string of the molecule is CC1CCN(C(=O)CCN(c2ccc3c(c2)OCCO3)S(C)(=O)=O)CC1. The maximum absolute atomic E-state index is 12.5. The van der Waals surface area contributed by atoms with Crippen molar-refractivity contribution in [2.45, 2.75) is 26.2 Å². The number of carbonyl (C=O) groups excluding carboxylic acids is 1. The number of hydrogen-bond acceptors (Lipinski definition) is 5. The average molecular weight is 382 g/mol. The zero-order valence-electron chi connectivity index (χ0n) is 15.3. The highest BCUT2D eigenvalue weighted by molar-refractivity contribution is 7.92. The molecule has 0 bridgehead atoms. The van der Waals surface area contributed by atoms with Crippen molar-refractivity contribution in [1.29, 1.82) is 0 Å². The van der Waals surface area contributed by atoms with Crippen LogP contribution in [-0.4, -0.2) is 58.3 Å². The number of anilines is 1. The third-order valence-electron chi connectivity index (χ3n) is 4.88. The van der Waals surface area contributed by atoms with E-state index in [0.29, 0.717) is 36.3 Å². The molecule has 0 radical (unpaired) electrons. The van der Waals surface area contributed by atoms with Gasteiger partial charge in [0.25, 0.3) is 0 Å². The van der Waals surface area contributed by atoms with Gasteiger partial charge in [-0.25, -0.2) is 8.42 Å². The Balaban J connectivity index is 1.70. The molecule has 3 rings (SSSR count). The van der Waals surface area contributed by atoms with E-state index in [1.165, 1.54) is 4.31 Å². The summed E-state index contributed by atoms with van der Waals surface area (Å²) < 4.78 is 36.8. The molecule has 7 nitrogen and oxygen atoms in total. The van der Waals surface area contributed by atoms with Crippen molar-refractivity contribution in [3.8, 4) is 11.5 Å². The summed E-state index contributed by atoms with van der Waals surface area (Å²) in [5, 5.41) is 0. The minimum atomic E-state index is -3.51. The Morgan fingerprint density at radius 1 is 1.19 bits per heavy atom. The van der Waals surface area contributed by atoms with E-state index in [1.807, 2.05) is 4.90 Å². The van der Waals surface area contributed by atoms with Crippen LogP contribution in [0.1, 0.15) is 26.2 Å². The summed E-state index contributed by atoms with van der Waals surface area (Å²) in [7, 11) is -3.51. The number of rotatable bonds is 5. The van der Waals surface area contributed by atoms with Crippen LogP contribution in [-0.2, 0) is 14.8 Å².